The molecule has 1 saturated carbocycles. The summed E-state index contributed by atoms with van der Waals surface area (Å²) in [5.41, 5.74) is 1.87. The largest absolute Gasteiger partial charge is 0.337 e. The minimum Gasteiger partial charge on any atom is -0.337 e. The summed E-state index contributed by atoms with van der Waals surface area (Å²) in [6.07, 6.45) is 3.55. The van der Waals surface area contributed by atoms with Crippen molar-refractivity contribution in [3.8, 4) is 6.07 Å². The zero-order valence-electron chi connectivity index (χ0n) is 15.9. The Labute approximate surface area is 152 Å². The zero-order chi connectivity index (χ0) is 18.4. The van der Waals surface area contributed by atoms with E-state index in [1.54, 1.807) is 0 Å². The van der Waals surface area contributed by atoms with Crippen LogP contribution in [0.15, 0.2) is 24.3 Å². The van der Waals surface area contributed by atoms with E-state index in [9.17, 15) is 10.1 Å². The first-order chi connectivity index (χ1) is 11.9. The molecule has 0 aliphatic heterocycles. The summed E-state index contributed by atoms with van der Waals surface area (Å²) in [4.78, 5) is 12.3. The van der Waals surface area contributed by atoms with Crippen molar-refractivity contribution in [1.82, 2.24) is 10.6 Å². The second-order valence-electron chi connectivity index (χ2n) is 7.87. The number of nitriles is 1. The Morgan fingerprint density at radius 3 is 2.16 bits per heavy atom. The van der Waals surface area contributed by atoms with Crippen molar-refractivity contribution < 1.29 is 4.79 Å². The van der Waals surface area contributed by atoms with Crippen LogP contribution in [0.1, 0.15) is 76.5 Å². The van der Waals surface area contributed by atoms with Crippen LogP contribution in [0.4, 0.5) is 0 Å². The first-order valence-electron chi connectivity index (χ1n) is 9.42. The van der Waals surface area contributed by atoms with Crippen molar-refractivity contribution in [2.24, 2.45) is 5.92 Å². The van der Waals surface area contributed by atoms with Crippen LogP contribution >= 0.6 is 0 Å². The normalized spacial score (nSPS) is 17.5. The lowest BCUT2D eigenvalue weighted by atomic mass is 9.93. The third-order valence-corrected chi connectivity index (χ3v) is 5.16. The lowest BCUT2D eigenvalue weighted by Crippen LogP contribution is -2.48. The number of carbonyl (C=O) groups excluding carboxylic acids is 1. The van der Waals surface area contributed by atoms with Crippen molar-refractivity contribution in [3.05, 3.63) is 35.4 Å². The van der Waals surface area contributed by atoms with Crippen molar-refractivity contribution >= 4 is 5.91 Å². The molecule has 4 heteroatoms. The summed E-state index contributed by atoms with van der Waals surface area (Å²) < 4.78 is 0. The topological polar surface area (TPSA) is 64.9 Å². The molecule has 1 atom stereocenters. The Morgan fingerprint density at radius 2 is 1.68 bits per heavy atom. The van der Waals surface area contributed by atoms with E-state index < -0.39 is 5.54 Å². The van der Waals surface area contributed by atoms with Crippen LogP contribution in [-0.4, -0.2) is 18.0 Å². The Kier molecular flexibility index (Phi) is 6.61. The lowest BCUT2D eigenvalue weighted by Gasteiger charge is -2.26. The van der Waals surface area contributed by atoms with Crippen LogP contribution in [0.3, 0.4) is 0 Å². The summed E-state index contributed by atoms with van der Waals surface area (Å²) in [6.45, 7) is 8.91. The number of rotatable bonds is 7. The van der Waals surface area contributed by atoms with E-state index in [1.807, 2.05) is 0 Å². The van der Waals surface area contributed by atoms with E-state index >= 15 is 0 Å². The number of hydrogen-bond acceptors (Lipinski definition) is 3. The SMILES string of the molecule is CC(C)c1ccc([C@@H](NCC(=O)NC2(C#N)CCCC2)C(C)C)cc1. The maximum Gasteiger partial charge on any atom is 0.235 e. The Morgan fingerprint density at radius 1 is 1.12 bits per heavy atom. The molecular formula is C21H31N3O. The average molecular weight is 341 g/mol. The molecule has 2 rings (SSSR count). The second-order valence-corrected chi connectivity index (χ2v) is 7.87. The van der Waals surface area contributed by atoms with Gasteiger partial charge in [-0.2, -0.15) is 5.26 Å². The van der Waals surface area contributed by atoms with Gasteiger partial charge in [-0.15, -0.1) is 0 Å². The highest BCUT2D eigenvalue weighted by molar-refractivity contribution is 5.79. The molecule has 0 radical (unpaired) electrons. The summed E-state index contributed by atoms with van der Waals surface area (Å²) in [5.74, 6) is 0.792. The third-order valence-electron chi connectivity index (χ3n) is 5.16. The van der Waals surface area contributed by atoms with Gasteiger partial charge in [0.05, 0.1) is 12.6 Å². The number of carbonyl (C=O) groups is 1. The molecule has 25 heavy (non-hydrogen) atoms. The van der Waals surface area contributed by atoms with Crippen LogP contribution in [0, 0.1) is 17.2 Å². The van der Waals surface area contributed by atoms with E-state index in [0.29, 0.717) is 11.8 Å². The van der Waals surface area contributed by atoms with Crippen LogP contribution in [-0.2, 0) is 4.79 Å². The van der Waals surface area contributed by atoms with Gasteiger partial charge in [0.1, 0.15) is 5.54 Å². The van der Waals surface area contributed by atoms with Gasteiger partial charge in [-0.3, -0.25) is 4.79 Å². The van der Waals surface area contributed by atoms with E-state index in [0.717, 1.165) is 25.7 Å². The highest BCUT2D eigenvalue weighted by atomic mass is 16.2. The Bertz CT molecular complexity index is 607. The zero-order valence-corrected chi connectivity index (χ0v) is 15.9. The van der Waals surface area contributed by atoms with Gasteiger partial charge in [0.25, 0.3) is 0 Å². The standard InChI is InChI=1S/C21H31N3O/c1-15(2)17-7-9-18(10-8-17)20(16(3)4)23-13-19(25)24-21(14-22)11-5-6-12-21/h7-10,15-16,20,23H,5-6,11-13H2,1-4H3,(H,24,25)/t20-/m0/s1. The molecule has 1 aromatic carbocycles. The fraction of sp³-hybridized carbons (Fsp3) is 0.619. The maximum absolute atomic E-state index is 12.3. The molecule has 1 aromatic rings. The molecule has 1 amide bonds. The third kappa shape index (κ3) is 5.06. The van der Waals surface area contributed by atoms with Gasteiger partial charge in [0.15, 0.2) is 0 Å². The van der Waals surface area contributed by atoms with Gasteiger partial charge in [-0.05, 0) is 48.6 Å². The number of hydrogen-bond donors (Lipinski definition) is 2. The van der Waals surface area contributed by atoms with E-state index in [1.165, 1.54) is 11.1 Å². The Balaban J connectivity index is 1.97. The van der Waals surface area contributed by atoms with Gasteiger partial charge in [-0.1, -0.05) is 52.0 Å². The van der Waals surface area contributed by atoms with Crippen LogP contribution in [0.2, 0.25) is 0 Å². The summed E-state index contributed by atoms with van der Waals surface area (Å²) in [5, 5.41) is 15.7. The van der Waals surface area contributed by atoms with Gasteiger partial charge in [0.2, 0.25) is 5.91 Å². The molecule has 0 bridgehead atoms. The summed E-state index contributed by atoms with van der Waals surface area (Å²) in [6, 6.07) is 11.1. The molecule has 0 saturated heterocycles. The molecule has 4 nitrogen and oxygen atoms in total. The van der Waals surface area contributed by atoms with Crippen LogP contribution in [0.25, 0.3) is 0 Å². The summed E-state index contributed by atoms with van der Waals surface area (Å²) >= 11 is 0. The molecule has 1 aliphatic carbocycles. The highest BCUT2D eigenvalue weighted by Crippen LogP contribution is 2.29. The molecule has 0 heterocycles. The number of nitrogens with zero attached hydrogens (tertiary/aromatic N) is 1. The number of nitrogens with one attached hydrogen (secondary N) is 2. The molecular weight excluding hydrogens is 310 g/mol. The molecule has 2 N–H and O–H groups in total. The van der Waals surface area contributed by atoms with Crippen molar-refractivity contribution in [1.29, 1.82) is 5.26 Å². The first-order valence-corrected chi connectivity index (χ1v) is 9.42. The quantitative estimate of drug-likeness (QED) is 0.786. The van der Waals surface area contributed by atoms with Gasteiger partial charge < -0.3 is 10.6 Å². The number of benzene rings is 1. The number of amides is 1. The van der Waals surface area contributed by atoms with E-state index in [4.69, 9.17) is 0 Å². The average Bonchev–Trinajstić information content (AvgIpc) is 3.04. The van der Waals surface area contributed by atoms with E-state index in [-0.39, 0.29) is 18.5 Å². The molecule has 0 aromatic heterocycles. The lowest BCUT2D eigenvalue weighted by molar-refractivity contribution is -0.121. The van der Waals surface area contributed by atoms with Crippen LogP contribution in [0.5, 0.6) is 0 Å². The van der Waals surface area contributed by atoms with Gasteiger partial charge >= 0.3 is 0 Å². The Hall–Kier alpha value is -1.86. The van der Waals surface area contributed by atoms with Crippen molar-refractivity contribution in [3.63, 3.8) is 0 Å². The van der Waals surface area contributed by atoms with Crippen molar-refractivity contribution in [2.45, 2.75) is 70.9 Å². The molecule has 1 fully saturated rings. The van der Waals surface area contributed by atoms with Crippen molar-refractivity contribution in [2.75, 3.05) is 6.54 Å². The summed E-state index contributed by atoms with van der Waals surface area (Å²) in [7, 11) is 0. The van der Waals surface area contributed by atoms with Crippen LogP contribution < -0.4 is 10.6 Å². The minimum atomic E-state index is -0.648. The molecule has 0 spiro atoms. The molecule has 136 valence electrons. The van der Waals surface area contributed by atoms with Gasteiger partial charge in [-0.25, -0.2) is 0 Å². The first kappa shape index (κ1) is 19.5. The predicted octanol–water partition coefficient (Wildman–Crippen LogP) is 4.05. The van der Waals surface area contributed by atoms with E-state index in [2.05, 4.69) is 68.7 Å². The fourth-order valence-electron chi connectivity index (χ4n) is 3.58. The maximum atomic E-state index is 12.3. The molecule has 1 aliphatic rings. The molecule has 0 unspecified atom stereocenters. The second kappa shape index (κ2) is 8.49. The predicted molar refractivity (Wildman–Crippen MR) is 101 cm³/mol. The van der Waals surface area contributed by atoms with Gasteiger partial charge in [0, 0.05) is 6.04 Å². The monoisotopic (exact) mass is 341 g/mol. The minimum absolute atomic E-state index is 0.0899. The highest BCUT2D eigenvalue weighted by Gasteiger charge is 2.35. The fourth-order valence-corrected chi connectivity index (χ4v) is 3.58. The smallest absolute Gasteiger partial charge is 0.235 e.